The molecule has 0 spiro atoms. The van der Waals surface area contributed by atoms with Crippen molar-refractivity contribution in [3.8, 4) is 11.5 Å². The quantitative estimate of drug-likeness (QED) is 0.625. The normalized spacial score (nSPS) is 16.0. The van der Waals surface area contributed by atoms with Crippen molar-refractivity contribution in [3.05, 3.63) is 23.8 Å². The first-order chi connectivity index (χ1) is 11.3. The highest BCUT2D eigenvalue weighted by atomic mass is 16.5. The van der Waals surface area contributed by atoms with Crippen LogP contribution in [0.25, 0.3) is 0 Å². The highest BCUT2D eigenvalue weighted by Crippen LogP contribution is 2.27. The molecule has 1 fully saturated rings. The van der Waals surface area contributed by atoms with Gasteiger partial charge in [0.05, 0.1) is 14.2 Å². The number of aliphatic imine (C=N–C) groups is 1. The molecule has 2 rings (SSSR count). The second-order valence-electron chi connectivity index (χ2n) is 5.92. The van der Waals surface area contributed by atoms with E-state index in [0.717, 1.165) is 30.4 Å². The third-order valence-corrected chi connectivity index (χ3v) is 4.32. The number of rotatable bonds is 6. The van der Waals surface area contributed by atoms with Crippen LogP contribution in [-0.4, -0.2) is 39.8 Å². The standard InChI is InChI=1S/C18H29N3O2/c1-19-18(21-15-7-5-4-6-8-15)20-12-11-14-9-10-16(22-2)17(13-14)23-3/h9-10,13,15H,4-8,11-12H2,1-3H3,(H2,19,20,21). The van der Waals surface area contributed by atoms with Gasteiger partial charge in [0.25, 0.3) is 0 Å². The van der Waals surface area contributed by atoms with E-state index in [4.69, 9.17) is 9.47 Å². The van der Waals surface area contributed by atoms with Gasteiger partial charge < -0.3 is 20.1 Å². The first-order valence-electron chi connectivity index (χ1n) is 8.45. The second-order valence-corrected chi connectivity index (χ2v) is 5.92. The molecule has 0 aromatic heterocycles. The van der Waals surface area contributed by atoms with E-state index in [1.165, 1.54) is 37.7 Å². The zero-order valence-corrected chi connectivity index (χ0v) is 14.5. The Morgan fingerprint density at radius 2 is 1.87 bits per heavy atom. The minimum atomic E-state index is 0.566. The van der Waals surface area contributed by atoms with Crippen LogP contribution in [0.5, 0.6) is 11.5 Å². The van der Waals surface area contributed by atoms with Crippen molar-refractivity contribution < 1.29 is 9.47 Å². The molecular weight excluding hydrogens is 290 g/mol. The highest BCUT2D eigenvalue weighted by molar-refractivity contribution is 5.79. The zero-order valence-electron chi connectivity index (χ0n) is 14.5. The van der Waals surface area contributed by atoms with E-state index in [1.807, 2.05) is 19.2 Å². The molecule has 0 bridgehead atoms. The van der Waals surface area contributed by atoms with E-state index in [1.54, 1.807) is 14.2 Å². The summed E-state index contributed by atoms with van der Waals surface area (Å²) in [5.74, 6) is 2.44. The maximum absolute atomic E-state index is 5.34. The highest BCUT2D eigenvalue weighted by Gasteiger charge is 2.14. The van der Waals surface area contributed by atoms with Crippen molar-refractivity contribution in [1.29, 1.82) is 0 Å². The molecule has 1 saturated carbocycles. The summed E-state index contributed by atoms with van der Waals surface area (Å²) in [6, 6.07) is 6.61. The van der Waals surface area contributed by atoms with Crippen molar-refractivity contribution in [3.63, 3.8) is 0 Å². The van der Waals surface area contributed by atoms with Gasteiger partial charge in [-0.15, -0.1) is 0 Å². The van der Waals surface area contributed by atoms with Crippen molar-refractivity contribution >= 4 is 5.96 Å². The molecule has 5 nitrogen and oxygen atoms in total. The van der Waals surface area contributed by atoms with Crippen molar-refractivity contribution in [1.82, 2.24) is 10.6 Å². The molecule has 2 N–H and O–H groups in total. The lowest BCUT2D eigenvalue weighted by molar-refractivity contribution is 0.354. The number of ether oxygens (including phenoxy) is 2. The van der Waals surface area contributed by atoms with Crippen LogP contribution in [0.4, 0.5) is 0 Å². The summed E-state index contributed by atoms with van der Waals surface area (Å²) < 4.78 is 10.6. The van der Waals surface area contributed by atoms with Gasteiger partial charge >= 0.3 is 0 Å². The first-order valence-corrected chi connectivity index (χ1v) is 8.45. The van der Waals surface area contributed by atoms with Crippen molar-refractivity contribution in [2.75, 3.05) is 27.8 Å². The molecule has 1 aliphatic rings. The van der Waals surface area contributed by atoms with Crippen LogP contribution in [0.15, 0.2) is 23.2 Å². The van der Waals surface area contributed by atoms with Crippen LogP contribution >= 0.6 is 0 Å². The molecule has 23 heavy (non-hydrogen) atoms. The summed E-state index contributed by atoms with van der Waals surface area (Å²) in [7, 11) is 5.14. The summed E-state index contributed by atoms with van der Waals surface area (Å²) >= 11 is 0. The summed E-state index contributed by atoms with van der Waals surface area (Å²) in [6.07, 6.45) is 7.41. The third-order valence-electron chi connectivity index (χ3n) is 4.32. The second kappa shape index (κ2) is 9.28. The molecular formula is C18H29N3O2. The van der Waals surface area contributed by atoms with Crippen LogP contribution in [0.3, 0.4) is 0 Å². The van der Waals surface area contributed by atoms with E-state index in [0.29, 0.717) is 6.04 Å². The zero-order chi connectivity index (χ0) is 16.5. The van der Waals surface area contributed by atoms with Crippen molar-refractivity contribution in [2.24, 2.45) is 4.99 Å². The average Bonchev–Trinajstić information content (AvgIpc) is 2.61. The Morgan fingerprint density at radius 3 is 2.52 bits per heavy atom. The van der Waals surface area contributed by atoms with E-state index in [2.05, 4.69) is 21.7 Å². The molecule has 0 saturated heterocycles. The Hall–Kier alpha value is -1.91. The lowest BCUT2D eigenvalue weighted by Crippen LogP contribution is -2.44. The van der Waals surface area contributed by atoms with Gasteiger partial charge in [-0.1, -0.05) is 25.3 Å². The molecule has 1 aromatic rings. The SMILES string of the molecule is CN=C(NCCc1ccc(OC)c(OC)c1)NC1CCCCC1. The van der Waals surface area contributed by atoms with E-state index in [9.17, 15) is 0 Å². The Balaban J connectivity index is 1.80. The Morgan fingerprint density at radius 1 is 1.13 bits per heavy atom. The number of benzene rings is 1. The molecule has 0 heterocycles. The lowest BCUT2D eigenvalue weighted by atomic mass is 9.96. The van der Waals surface area contributed by atoms with E-state index >= 15 is 0 Å². The summed E-state index contributed by atoms with van der Waals surface area (Å²) in [6.45, 7) is 0.835. The Labute approximate surface area is 139 Å². The van der Waals surface area contributed by atoms with E-state index in [-0.39, 0.29) is 0 Å². The van der Waals surface area contributed by atoms with Crippen molar-refractivity contribution in [2.45, 2.75) is 44.6 Å². The maximum atomic E-state index is 5.34. The van der Waals surface area contributed by atoms with Crippen LogP contribution in [0, 0.1) is 0 Å². The number of hydrogen-bond donors (Lipinski definition) is 2. The van der Waals surface area contributed by atoms with Crippen LogP contribution in [0.2, 0.25) is 0 Å². The summed E-state index contributed by atoms with van der Waals surface area (Å²) in [5, 5.41) is 6.92. The minimum Gasteiger partial charge on any atom is -0.493 e. The van der Waals surface area contributed by atoms with Gasteiger partial charge in [-0.25, -0.2) is 0 Å². The fraction of sp³-hybridized carbons (Fsp3) is 0.611. The van der Waals surface area contributed by atoms with Crippen LogP contribution in [0.1, 0.15) is 37.7 Å². The molecule has 1 aliphatic carbocycles. The summed E-state index contributed by atoms with van der Waals surface area (Å²) in [4.78, 5) is 4.32. The molecule has 1 aromatic carbocycles. The number of nitrogens with one attached hydrogen (secondary N) is 2. The number of methoxy groups -OCH3 is 2. The predicted octanol–water partition coefficient (Wildman–Crippen LogP) is 2.74. The molecule has 0 amide bonds. The molecule has 0 radical (unpaired) electrons. The Bertz CT molecular complexity index is 511. The lowest BCUT2D eigenvalue weighted by Gasteiger charge is -2.24. The molecule has 0 unspecified atom stereocenters. The smallest absolute Gasteiger partial charge is 0.191 e. The van der Waals surface area contributed by atoms with Gasteiger partial charge in [0, 0.05) is 19.6 Å². The summed E-state index contributed by atoms with van der Waals surface area (Å²) in [5.41, 5.74) is 1.21. The first kappa shape index (κ1) is 17.4. The average molecular weight is 319 g/mol. The van der Waals surface area contributed by atoms with E-state index < -0.39 is 0 Å². The van der Waals surface area contributed by atoms with Gasteiger partial charge in [0.2, 0.25) is 0 Å². The molecule has 128 valence electrons. The fourth-order valence-corrected chi connectivity index (χ4v) is 3.00. The van der Waals surface area contributed by atoms with Gasteiger partial charge in [0.1, 0.15) is 0 Å². The molecule has 0 atom stereocenters. The molecule has 5 heteroatoms. The van der Waals surface area contributed by atoms with Gasteiger partial charge in [-0.3, -0.25) is 4.99 Å². The number of guanidine groups is 1. The fourth-order valence-electron chi connectivity index (χ4n) is 3.00. The largest absolute Gasteiger partial charge is 0.493 e. The minimum absolute atomic E-state index is 0.566. The number of nitrogens with zero attached hydrogens (tertiary/aromatic N) is 1. The van der Waals surface area contributed by atoms with Gasteiger partial charge in [0.15, 0.2) is 17.5 Å². The van der Waals surface area contributed by atoms with Gasteiger partial charge in [-0.2, -0.15) is 0 Å². The van der Waals surface area contributed by atoms with Crippen LogP contribution in [-0.2, 0) is 6.42 Å². The number of hydrogen-bond acceptors (Lipinski definition) is 3. The molecule has 0 aliphatic heterocycles. The maximum Gasteiger partial charge on any atom is 0.191 e. The van der Waals surface area contributed by atoms with Gasteiger partial charge in [-0.05, 0) is 37.0 Å². The van der Waals surface area contributed by atoms with Crippen LogP contribution < -0.4 is 20.1 Å². The topological polar surface area (TPSA) is 54.9 Å². The predicted molar refractivity (Wildman–Crippen MR) is 94.6 cm³/mol. The Kier molecular flexibility index (Phi) is 7.04. The monoisotopic (exact) mass is 319 g/mol. The third kappa shape index (κ3) is 5.34.